The SMILES string of the molecule is CCCN(C(=O)CN1C(=O)N[C@@](CC)(c2ccccc2)C1=O)[C@H]1CCS(=O)(=O)C1. The summed E-state index contributed by atoms with van der Waals surface area (Å²) in [5.74, 6) is -0.874. The first kappa shape index (κ1) is 21.3. The molecule has 1 aromatic carbocycles. The molecule has 9 heteroatoms. The lowest BCUT2D eigenvalue weighted by Gasteiger charge is -2.30. The van der Waals surface area contributed by atoms with E-state index in [0.717, 1.165) is 4.90 Å². The zero-order valence-electron chi connectivity index (χ0n) is 16.8. The van der Waals surface area contributed by atoms with E-state index in [9.17, 15) is 22.8 Å². The zero-order valence-corrected chi connectivity index (χ0v) is 17.6. The van der Waals surface area contributed by atoms with Crippen LogP contribution in [0.3, 0.4) is 0 Å². The molecule has 0 bridgehead atoms. The Balaban J connectivity index is 1.80. The van der Waals surface area contributed by atoms with Crippen molar-refractivity contribution >= 4 is 27.7 Å². The minimum absolute atomic E-state index is 0.0568. The number of hydrogen-bond acceptors (Lipinski definition) is 5. The van der Waals surface area contributed by atoms with E-state index in [1.54, 1.807) is 24.3 Å². The second-order valence-electron chi connectivity index (χ2n) is 7.59. The van der Waals surface area contributed by atoms with Gasteiger partial charge in [-0.3, -0.25) is 14.5 Å². The van der Waals surface area contributed by atoms with E-state index in [2.05, 4.69) is 5.32 Å². The van der Waals surface area contributed by atoms with Gasteiger partial charge in [-0.25, -0.2) is 13.2 Å². The number of amides is 4. The van der Waals surface area contributed by atoms with Gasteiger partial charge in [0.05, 0.1) is 11.5 Å². The summed E-state index contributed by atoms with van der Waals surface area (Å²) in [6, 6.07) is 7.96. The molecule has 158 valence electrons. The van der Waals surface area contributed by atoms with Crippen LogP contribution in [0, 0.1) is 0 Å². The van der Waals surface area contributed by atoms with Crippen LogP contribution in [0.2, 0.25) is 0 Å². The maximum absolute atomic E-state index is 13.2. The van der Waals surface area contributed by atoms with E-state index in [0.29, 0.717) is 31.4 Å². The van der Waals surface area contributed by atoms with E-state index in [1.165, 1.54) is 4.90 Å². The molecule has 2 atom stereocenters. The summed E-state index contributed by atoms with van der Waals surface area (Å²) in [7, 11) is -3.15. The zero-order chi connectivity index (χ0) is 21.2. The van der Waals surface area contributed by atoms with E-state index < -0.39 is 45.8 Å². The highest BCUT2D eigenvalue weighted by Gasteiger charge is 2.52. The first-order valence-electron chi connectivity index (χ1n) is 9.93. The minimum Gasteiger partial charge on any atom is -0.337 e. The standard InChI is InChI=1S/C20H27N3O5S/c1-3-11-22(16-10-12-29(27,28)14-16)17(24)13-23-18(25)20(4-2,21-19(23)26)15-8-6-5-7-9-15/h5-9,16H,3-4,10-14H2,1-2H3,(H,21,26)/t16-,20-/m0/s1. The maximum Gasteiger partial charge on any atom is 0.325 e. The van der Waals surface area contributed by atoms with Crippen molar-refractivity contribution < 1.29 is 22.8 Å². The average Bonchev–Trinajstić information content (AvgIpc) is 3.18. The number of carbonyl (C=O) groups is 3. The summed E-state index contributed by atoms with van der Waals surface area (Å²) < 4.78 is 23.7. The third kappa shape index (κ3) is 4.01. The Kier molecular flexibility index (Phi) is 5.97. The van der Waals surface area contributed by atoms with Crippen LogP contribution in [-0.2, 0) is 25.0 Å². The van der Waals surface area contributed by atoms with Gasteiger partial charge in [-0.2, -0.15) is 0 Å². The fourth-order valence-corrected chi connectivity index (χ4v) is 5.86. The van der Waals surface area contributed by atoms with Crippen LogP contribution in [0.4, 0.5) is 4.79 Å². The Labute approximate surface area is 171 Å². The van der Waals surface area contributed by atoms with Gasteiger partial charge in [0.15, 0.2) is 9.84 Å². The lowest BCUT2D eigenvalue weighted by molar-refractivity contribution is -0.140. The number of rotatable bonds is 7. The molecule has 8 nitrogen and oxygen atoms in total. The van der Waals surface area contributed by atoms with Crippen LogP contribution in [0.25, 0.3) is 0 Å². The smallest absolute Gasteiger partial charge is 0.325 e. The molecule has 0 radical (unpaired) electrons. The van der Waals surface area contributed by atoms with Crippen LogP contribution in [0.1, 0.15) is 38.7 Å². The van der Waals surface area contributed by atoms with Gasteiger partial charge in [0.25, 0.3) is 5.91 Å². The molecule has 2 aliphatic rings. The number of nitrogens with zero attached hydrogens (tertiary/aromatic N) is 2. The third-order valence-corrected chi connectivity index (χ3v) is 7.45. The molecule has 0 saturated carbocycles. The van der Waals surface area contributed by atoms with Crippen LogP contribution in [0.5, 0.6) is 0 Å². The highest BCUT2D eigenvalue weighted by Crippen LogP contribution is 2.32. The van der Waals surface area contributed by atoms with Crippen molar-refractivity contribution in [3.63, 3.8) is 0 Å². The largest absolute Gasteiger partial charge is 0.337 e. The molecule has 1 aromatic rings. The third-order valence-electron chi connectivity index (χ3n) is 5.70. The summed E-state index contributed by atoms with van der Waals surface area (Å²) in [5.41, 5.74) is -0.520. The number of carbonyl (C=O) groups excluding carboxylic acids is 3. The normalized spacial score (nSPS) is 25.9. The molecule has 2 aliphatic heterocycles. The second kappa shape index (κ2) is 8.14. The Bertz CT molecular complexity index is 902. The van der Waals surface area contributed by atoms with Crippen molar-refractivity contribution in [2.45, 2.75) is 44.7 Å². The lowest BCUT2D eigenvalue weighted by Crippen LogP contribution is -2.48. The molecule has 1 N–H and O–H groups in total. The summed E-state index contributed by atoms with van der Waals surface area (Å²) >= 11 is 0. The highest BCUT2D eigenvalue weighted by molar-refractivity contribution is 7.91. The fourth-order valence-electron chi connectivity index (χ4n) is 4.13. The van der Waals surface area contributed by atoms with Crippen molar-refractivity contribution in [3.8, 4) is 0 Å². The van der Waals surface area contributed by atoms with Gasteiger partial charge in [0.1, 0.15) is 12.1 Å². The van der Waals surface area contributed by atoms with Gasteiger partial charge < -0.3 is 10.2 Å². The Morgan fingerprint density at radius 2 is 1.93 bits per heavy atom. The van der Waals surface area contributed by atoms with Crippen LogP contribution < -0.4 is 5.32 Å². The van der Waals surface area contributed by atoms with Crippen LogP contribution in [0.15, 0.2) is 30.3 Å². The van der Waals surface area contributed by atoms with Crippen LogP contribution in [-0.4, -0.2) is 66.7 Å². The van der Waals surface area contributed by atoms with Gasteiger partial charge >= 0.3 is 6.03 Å². The Morgan fingerprint density at radius 3 is 2.48 bits per heavy atom. The minimum atomic E-state index is -3.15. The first-order valence-corrected chi connectivity index (χ1v) is 11.8. The molecule has 2 fully saturated rings. The molecule has 0 aromatic heterocycles. The number of nitrogens with one attached hydrogen (secondary N) is 1. The Morgan fingerprint density at radius 1 is 1.24 bits per heavy atom. The molecule has 0 unspecified atom stereocenters. The molecule has 2 saturated heterocycles. The predicted octanol–water partition coefficient (Wildman–Crippen LogP) is 1.27. The first-order chi connectivity index (χ1) is 13.7. The number of benzene rings is 1. The fraction of sp³-hybridized carbons (Fsp3) is 0.550. The maximum atomic E-state index is 13.2. The van der Waals surface area contributed by atoms with Gasteiger partial charge in [-0.05, 0) is 24.8 Å². The molecule has 0 spiro atoms. The number of imide groups is 1. The molecular formula is C20H27N3O5S. The van der Waals surface area contributed by atoms with Crippen molar-refractivity contribution in [2.24, 2.45) is 0 Å². The van der Waals surface area contributed by atoms with Crippen LogP contribution >= 0.6 is 0 Å². The molecule has 29 heavy (non-hydrogen) atoms. The quantitative estimate of drug-likeness (QED) is 0.668. The van der Waals surface area contributed by atoms with Gasteiger partial charge in [0.2, 0.25) is 5.91 Å². The monoisotopic (exact) mass is 421 g/mol. The van der Waals surface area contributed by atoms with Gasteiger partial charge in [0, 0.05) is 12.6 Å². The number of sulfone groups is 1. The highest BCUT2D eigenvalue weighted by atomic mass is 32.2. The topological polar surface area (TPSA) is 104 Å². The second-order valence-corrected chi connectivity index (χ2v) is 9.82. The van der Waals surface area contributed by atoms with E-state index in [4.69, 9.17) is 0 Å². The molecular weight excluding hydrogens is 394 g/mol. The van der Waals surface area contributed by atoms with Crippen molar-refractivity contribution in [1.82, 2.24) is 15.1 Å². The van der Waals surface area contributed by atoms with Crippen molar-refractivity contribution in [2.75, 3.05) is 24.6 Å². The number of urea groups is 1. The lowest BCUT2D eigenvalue weighted by atomic mass is 9.87. The van der Waals surface area contributed by atoms with E-state index in [-0.39, 0.29) is 11.5 Å². The summed E-state index contributed by atoms with van der Waals surface area (Å²) in [6.07, 6.45) is 1.40. The molecule has 3 rings (SSSR count). The van der Waals surface area contributed by atoms with E-state index >= 15 is 0 Å². The average molecular weight is 422 g/mol. The summed E-state index contributed by atoms with van der Waals surface area (Å²) in [6.45, 7) is 3.70. The van der Waals surface area contributed by atoms with Gasteiger partial charge in [-0.1, -0.05) is 44.2 Å². The molecule has 4 amide bonds. The summed E-state index contributed by atoms with van der Waals surface area (Å²) in [4.78, 5) is 41.2. The van der Waals surface area contributed by atoms with E-state index in [1.807, 2.05) is 19.9 Å². The van der Waals surface area contributed by atoms with Gasteiger partial charge in [-0.15, -0.1) is 0 Å². The Hall–Kier alpha value is -2.42. The van der Waals surface area contributed by atoms with Crippen molar-refractivity contribution in [1.29, 1.82) is 0 Å². The molecule has 2 heterocycles. The summed E-state index contributed by atoms with van der Waals surface area (Å²) in [5, 5.41) is 2.76. The molecule has 0 aliphatic carbocycles. The number of hydrogen-bond donors (Lipinski definition) is 1. The van der Waals surface area contributed by atoms with Crippen molar-refractivity contribution in [3.05, 3.63) is 35.9 Å². The predicted molar refractivity (Wildman–Crippen MR) is 108 cm³/mol.